The molecular weight excluding hydrogens is 208 g/mol. The Kier molecular flexibility index (Phi) is 3.55. The van der Waals surface area contributed by atoms with Crippen molar-refractivity contribution in [1.82, 2.24) is 4.90 Å². The second-order valence-corrected chi connectivity index (χ2v) is 5.80. The predicted octanol–water partition coefficient (Wildman–Crippen LogP) is 2.83. The molecule has 0 aromatic heterocycles. The zero-order chi connectivity index (χ0) is 12.5. The van der Waals surface area contributed by atoms with Crippen LogP contribution < -0.4 is 5.73 Å². The highest BCUT2D eigenvalue weighted by Gasteiger charge is 2.31. The van der Waals surface area contributed by atoms with Gasteiger partial charge in [-0.2, -0.15) is 0 Å². The fourth-order valence-electron chi connectivity index (χ4n) is 2.72. The van der Waals surface area contributed by atoms with E-state index in [-0.39, 0.29) is 0 Å². The lowest BCUT2D eigenvalue weighted by Crippen LogP contribution is -2.37. The molecular formula is C15H24N2. The number of rotatable bonds is 3. The first-order valence-electron chi connectivity index (χ1n) is 6.56. The molecule has 1 aliphatic rings. The summed E-state index contributed by atoms with van der Waals surface area (Å²) in [5.41, 5.74) is 10.1. The smallest absolute Gasteiger partial charge is 0.0241 e. The van der Waals surface area contributed by atoms with E-state index in [2.05, 4.69) is 43.9 Å². The van der Waals surface area contributed by atoms with Crippen LogP contribution in [-0.4, -0.2) is 17.0 Å². The van der Waals surface area contributed by atoms with Crippen molar-refractivity contribution in [3.63, 3.8) is 0 Å². The van der Waals surface area contributed by atoms with Crippen LogP contribution in [0.5, 0.6) is 0 Å². The quantitative estimate of drug-likeness (QED) is 0.868. The summed E-state index contributed by atoms with van der Waals surface area (Å²) in [6.45, 7) is 9.83. The lowest BCUT2D eigenvalue weighted by atomic mass is 10.00. The molecule has 2 rings (SSSR count). The van der Waals surface area contributed by atoms with Gasteiger partial charge in [0.25, 0.3) is 0 Å². The predicted molar refractivity (Wildman–Crippen MR) is 72.8 cm³/mol. The molecule has 0 aliphatic carbocycles. The second kappa shape index (κ2) is 4.79. The molecule has 0 spiro atoms. The molecule has 0 radical (unpaired) electrons. The van der Waals surface area contributed by atoms with Crippen molar-refractivity contribution in [3.8, 4) is 0 Å². The summed E-state index contributed by atoms with van der Waals surface area (Å²) in [4.78, 5) is 2.59. The van der Waals surface area contributed by atoms with Crippen molar-refractivity contribution in [3.05, 3.63) is 34.9 Å². The molecule has 0 atom stereocenters. The zero-order valence-corrected chi connectivity index (χ0v) is 11.3. The number of aryl methyl sites for hydroxylation is 1. The van der Waals surface area contributed by atoms with E-state index in [1.165, 1.54) is 36.1 Å². The summed E-state index contributed by atoms with van der Waals surface area (Å²) in [7, 11) is 0. The average Bonchev–Trinajstić information content (AvgIpc) is 2.61. The van der Waals surface area contributed by atoms with Gasteiger partial charge in [-0.15, -0.1) is 0 Å². The standard InChI is InChI=1S/C15H24N2/c1-12-9-13(10-16)5-6-14(12)11-17-8-4-7-15(17,2)3/h5-6,9H,4,7-8,10-11,16H2,1-3H3. The summed E-state index contributed by atoms with van der Waals surface area (Å²) in [5.74, 6) is 0. The van der Waals surface area contributed by atoms with Crippen LogP contribution in [0.25, 0.3) is 0 Å². The number of benzene rings is 1. The van der Waals surface area contributed by atoms with Crippen molar-refractivity contribution >= 4 is 0 Å². The molecule has 0 amide bonds. The van der Waals surface area contributed by atoms with Crippen molar-refractivity contribution in [1.29, 1.82) is 0 Å². The molecule has 1 aliphatic heterocycles. The van der Waals surface area contributed by atoms with E-state index in [4.69, 9.17) is 5.73 Å². The third-order valence-corrected chi connectivity index (χ3v) is 4.08. The Bertz CT molecular complexity index is 396. The molecule has 0 saturated carbocycles. The van der Waals surface area contributed by atoms with Crippen molar-refractivity contribution in [2.75, 3.05) is 6.54 Å². The van der Waals surface area contributed by atoms with Gasteiger partial charge in [0.1, 0.15) is 0 Å². The second-order valence-electron chi connectivity index (χ2n) is 5.80. The van der Waals surface area contributed by atoms with Crippen molar-refractivity contribution in [2.24, 2.45) is 5.73 Å². The molecule has 0 bridgehead atoms. The number of nitrogens with zero attached hydrogens (tertiary/aromatic N) is 1. The Hall–Kier alpha value is -0.860. The first kappa shape index (κ1) is 12.6. The molecule has 1 heterocycles. The van der Waals surface area contributed by atoms with Gasteiger partial charge in [-0.05, 0) is 56.8 Å². The van der Waals surface area contributed by atoms with Gasteiger partial charge in [-0.3, -0.25) is 4.90 Å². The van der Waals surface area contributed by atoms with Gasteiger partial charge < -0.3 is 5.73 Å². The minimum atomic E-state index is 0.360. The molecule has 1 saturated heterocycles. The van der Waals surface area contributed by atoms with Gasteiger partial charge in [-0.1, -0.05) is 18.2 Å². The van der Waals surface area contributed by atoms with E-state index in [0.29, 0.717) is 12.1 Å². The summed E-state index contributed by atoms with van der Waals surface area (Å²) < 4.78 is 0. The first-order chi connectivity index (χ1) is 8.03. The molecule has 2 heteroatoms. The van der Waals surface area contributed by atoms with Crippen LogP contribution in [0.4, 0.5) is 0 Å². The molecule has 1 aromatic rings. The van der Waals surface area contributed by atoms with Crippen LogP contribution in [0, 0.1) is 6.92 Å². The van der Waals surface area contributed by atoms with Crippen LogP contribution in [0.3, 0.4) is 0 Å². The van der Waals surface area contributed by atoms with Gasteiger partial charge in [0.15, 0.2) is 0 Å². The van der Waals surface area contributed by atoms with E-state index in [1.807, 2.05) is 0 Å². The minimum Gasteiger partial charge on any atom is -0.326 e. The molecule has 17 heavy (non-hydrogen) atoms. The molecule has 2 nitrogen and oxygen atoms in total. The summed E-state index contributed by atoms with van der Waals surface area (Å²) in [6.07, 6.45) is 2.64. The number of likely N-dealkylation sites (tertiary alicyclic amines) is 1. The normalized spacial score (nSPS) is 19.8. The molecule has 0 unspecified atom stereocenters. The van der Waals surface area contributed by atoms with Crippen LogP contribution in [0.2, 0.25) is 0 Å². The maximum absolute atomic E-state index is 5.67. The fourth-order valence-corrected chi connectivity index (χ4v) is 2.72. The molecule has 1 aromatic carbocycles. The van der Waals surface area contributed by atoms with Gasteiger partial charge in [0.05, 0.1) is 0 Å². The Labute approximate surface area is 105 Å². The third kappa shape index (κ3) is 2.70. The third-order valence-electron chi connectivity index (χ3n) is 4.08. The van der Waals surface area contributed by atoms with Crippen LogP contribution in [0.15, 0.2) is 18.2 Å². The number of hydrogen-bond donors (Lipinski definition) is 1. The lowest BCUT2D eigenvalue weighted by molar-refractivity contribution is 0.166. The highest BCUT2D eigenvalue weighted by Crippen LogP contribution is 2.30. The van der Waals surface area contributed by atoms with Gasteiger partial charge >= 0.3 is 0 Å². The van der Waals surface area contributed by atoms with Crippen molar-refractivity contribution in [2.45, 2.75) is 52.2 Å². The highest BCUT2D eigenvalue weighted by molar-refractivity contribution is 5.31. The average molecular weight is 232 g/mol. The van der Waals surface area contributed by atoms with Crippen LogP contribution in [-0.2, 0) is 13.1 Å². The maximum atomic E-state index is 5.67. The Morgan fingerprint density at radius 3 is 2.65 bits per heavy atom. The minimum absolute atomic E-state index is 0.360. The molecule has 94 valence electrons. The maximum Gasteiger partial charge on any atom is 0.0241 e. The highest BCUT2D eigenvalue weighted by atomic mass is 15.2. The van der Waals surface area contributed by atoms with E-state index in [1.54, 1.807) is 0 Å². The van der Waals surface area contributed by atoms with E-state index in [0.717, 1.165) is 6.54 Å². The largest absolute Gasteiger partial charge is 0.326 e. The Morgan fingerprint density at radius 2 is 2.12 bits per heavy atom. The first-order valence-corrected chi connectivity index (χ1v) is 6.56. The van der Waals surface area contributed by atoms with Crippen LogP contribution in [0.1, 0.15) is 43.4 Å². The topological polar surface area (TPSA) is 29.3 Å². The Morgan fingerprint density at radius 1 is 1.35 bits per heavy atom. The summed E-state index contributed by atoms with van der Waals surface area (Å²) in [6, 6.07) is 6.62. The molecule has 2 N–H and O–H groups in total. The number of hydrogen-bond acceptors (Lipinski definition) is 2. The van der Waals surface area contributed by atoms with Gasteiger partial charge in [-0.25, -0.2) is 0 Å². The monoisotopic (exact) mass is 232 g/mol. The fraction of sp³-hybridized carbons (Fsp3) is 0.600. The van der Waals surface area contributed by atoms with Gasteiger partial charge in [0.2, 0.25) is 0 Å². The summed E-state index contributed by atoms with van der Waals surface area (Å²) in [5, 5.41) is 0. The van der Waals surface area contributed by atoms with E-state index < -0.39 is 0 Å². The SMILES string of the molecule is Cc1cc(CN)ccc1CN1CCCC1(C)C. The number of nitrogens with two attached hydrogens (primary N) is 1. The summed E-state index contributed by atoms with van der Waals surface area (Å²) >= 11 is 0. The molecule has 1 fully saturated rings. The Balaban J connectivity index is 2.13. The van der Waals surface area contributed by atoms with E-state index >= 15 is 0 Å². The van der Waals surface area contributed by atoms with Crippen molar-refractivity contribution < 1.29 is 0 Å². The van der Waals surface area contributed by atoms with E-state index in [9.17, 15) is 0 Å². The zero-order valence-electron chi connectivity index (χ0n) is 11.3. The van der Waals surface area contributed by atoms with Gasteiger partial charge in [0, 0.05) is 18.6 Å². The van der Waals surface area contributed by atoms with Crippen LogP contribution >= 0.6 is 0 Å². The lowest BCUT2D eigenvalue weighted by Gasteiger charge is -2.32.